The Balaban J connectivity index is 1.82. The Morgan fingerprint density at radius 1 is 1.35 bits per heavy atom. The van der Waals surface area contributed by atoms with Crippen LogP contribution in [-0.4, -0.2) is 31.9 Å². The summed E-state index contributed by atoms with van der Waals surface area (Å²) in [5, 5.41) is 12.1. The fourth-order valence-corrected chi connectivity index (χ4v) is 2.32. The molecule has 0 radical (unpaired) electrons. The summed E-state index contributed by atoms with van der Waals surface area (Å²) in [5.41, 5.74) is 4.22. The Morgan fingerprint density at radius 2 is 2.24 bits per heavy atom. The number of hydrogen-bond donors (Lipinski definition) is 2. The van der Waals surface area contributed by atoms with E-state index in [2.05, 4.69) is 35.5 Å². The Morgan fingerprint density at radius 3 is 3.06 bits per heavy atom. The molecule has 94 valence electrons. The van der Waals surface area contributed by atoms with Gasteiger partial charge in [0.05, 0.1) is 0 Å². The molecule has 0 unspecified atom stereocenters. The van der Waals surface area contributed by atoms with Crippen LogP contribution >= 0.6 is 0 Å². The maximum absolute atomic E-state index is 8.68. The number of hydrogen-bond acceptors (Lipinski definition) is 3. The SMILES string of the molecule is CN1CCc2cc(CNCCCCO)ccc21. The van der Waals surface area contributed by atoms with Gasteiger partial charge in [0.1, 0.15) is 0 Å². The first-order chi connectivity index (χ1) is 8.31. The third kappa shape index (κ3) is 3.20. The van der Waals surface area contributed by atoms with E-state index < -0.39 is 0 Å². The normalized spacial score (nSPS) is 14.1. The molecule has 0 saturated carbocycles. The Hall–Kier alpha value is -1.06. The van der Waals surface area contributed by atoms with Gasteiger partial charge in [-0.3, -0.25) is 0 Å². The summed E-state index contributed by atoms with van der Waals surface area (Å²) in [6.07, 6.45) is 3.11. The van der Waals surface area contributed by atoms with Gasteiger partial charge in [-0.25, -0.2) is 0 Å². The maximum Gasteiger partial charge on any atom is 0.0431 e. The van der Waals surface area contributed by atoms with Crippen LogP contribution in [0.2, 0.25) is 0 Å². The second-order valence-corrected chi connectivity index (χ2v) is 4.74. The van der Waals surface area contributed by atoms with Crippen molar-refractivity contribution in [1.82, 2.24) is 5.32 Å². The zero-order chi connectivity index (χ0) is 12.1. The number of likely N-dealkylation sites (N-methyl/N-ethyl adjacent to an activating group) is 1. The van der Waals surface area contributed by atoms with Gasteiger partial charge in [0.25, 0.3) is 0 Å². The standard InChI is InChI=1S/C14H22N2O/c1-16-8-6-13-10-12(4-5-14(13)16)11-15-7-2-3-9-17/h4-5,10,15,17H,2-3,6-9,11H2,1H3. The highest BCUT2D eigenvalue weighted by atomic mass is 16.2. The van der Waals surface area contributed by atoms with Gasteiger partial charge < -0.3 is 15.3 Å². The summed E-state index contributed by atoms with van der Waals surface area (Å²) < 4.78 is 0. The zero-order valence-electron chi connectivity index (χ0n) is 10.6. The molecule has 0 atom stereocenters. The van der Waals surface area contributed by atoms with Crippen molar-refractivity contribution in [2.24, 2.45) is 0 Å². The number of unbranched alkanes of at least 4 members (excludes halogenated alkanes) is 1. The number of rotatable bonds is 6. The molecule has 2 N–H and O–H groups in total. The van der Waals surface area contributed by atoms with Gasteiger partial charge in [0.2, 0.25) is 0 Å². The third-order valence-corrected chi connectivity index (χ3v) is 3.36. The molecule has 0 aromatic heterocycles. The molecule has 0 aliphatic carbocycles. The summed E-state index contributed by atoms with van der Waals surface area (Å²) in [6.45, 7) is 3.36. The fourth-order valence-electron chi connectivity index (χ4n) is 2.32. The largest absolute Gasteiger partial charge is 0.396 e. The minimum Gasteiger partial charge on any atom is -0.396 e. The highest BCUT2D eigenvalue weighted by Gasteiger charge is 2.15. The minimum atomic E-state index is 0.298. The van der Waals surface area contributed by atoms with Gasteiger partial charge >= 0.3 is 0 Å². The van der Waals surface area contributed by atoms with Crippen molar-refractivity contribution in [3.63, 3.8) is 0 Å². The number of nitrogens with one attached hydrogen (secondary N) is 1. The van der Waals surface area contributed by atoms with E-state index >= 15 is 0 Å². The molecule has 1 aliphatic heterocycles. The van der Waals surface area contributed by atoms with Crippen molar-refractivity contribution in [3.8, 4) is 0 Å². The zero-order valence-corrected chi connectivity index (χ0v) is 10.6. The van der Waals surface area contributed by atoms with Crippen LogP contribution in [-0.2, 0) is 13.0 Å². The molecule has 0 spiro atoms. The van der Waals surface area contributed by atoms with Crippen molar-refractivity contribution in [2.45, 2.75) is 25.8 Å². The van der Waals surface area contributed by atoms with Gasteiger partial charge in [-0.15, -0.1) is 0 Å². The van der Waals surface area contributed by atoms with E-state index in [1.54, 1.807) is 0 Å². The van der Waals surface area contributed by atoms with Crippen molar-refractivity contribution in [2.75, 3.05) is 31.6 Å². The topological polar surface area (TPSA) is 35.5 Å². The molecule has 2 rings (SSSR count). The highest BCUT2D eigenvalue weighted by Crippen LogP contribution is 2.27. The second kappa shape index (κ2) is 6.03. The van der Waals surface area contributed by atoms with Crippen molar-refractivity contribution in [3.05, 3.63) is 29.3 Å². The molecular formula is C14H22N2O. The van der Waals surface area contributed by atoms with E-state index in [-0.39, 0.29) is 0 Å². The molecule has 17 heavy (non-hydrogen) atoms. The fraction of sp³-hybridized carbons (Fsp3) is 0.571. The molecule has 0 fully saturated rings. The lowest BCUT2D eigenvalue weighted by Crippen LogP contribution is -2.15. The molecule has 3 heteroatoms. The maximum atomic E-state index is 8.68. The number of aliphatic hydroxyl groups excluding tert-OH is 1. The number of fused-ring (bicyclic) bond motifs is 1. The molecule has 0 saturated heterocycles. The molecule has 1 aromatic rings. The van der Waals surface area contributed by atoms with Crippen molar-refractivity contribution in [1.29, 1.82) is 0 Å². The molecular weight excluding hydrogens is 212 g/mol. The van der Waals surface area contributed by atoms with E-state index in [9.17, 15) is 0 Å². The van der Waals surface area contributed by atoms with E-state index in [0.29, 0.717) is 6.61 Å². The van der Waals surface area contributed by atoms with Crippen LogP contribution in [0, 0.1) is 0 Å². The van der Waals surface area contributed by atoms with Crippen LogP contribution in [0.1, 0.15) is 24.0 Å². The summed E-state index contributed by atoms with van der Waals surface area (Å²) in [6, 6.07) is 6.75. The van der Waals surface area contributed by atoms with E-state index in [0.717, 1.165) is 32.5 Å². The van der Waals surface area contributed by atoms with E-state index in [4.69, 9.17) is 5.11 Å². The average molecular weight is 234 g/mol. The lowest BCUT2D eigenvalue weighted by Gasteiger charge is -2.12. The van der Waals surface area contributed by atoms with Gasteiger partial charge in [-0.2, -0.15) is 0 Å². The summed E-state index contributed by atoms with van der Waals surface area (Å²) in [4.78, 5) is 2.31. The van der Waals surface area contributed by atoms with Crippen LogP contribution in [0.3, 0.4) is 0 Å². The van der Waals surface area contributed by atoms with Gasteiger partial charge in [0.15, 0.2) is 0 Å². The molecule has 1 aliphatic rings. The number of aliphatic hydroxyl groups is 1. The van der Waals surface area contributed by atoms with Crippen LogP contribution in [0.25, 0.3) is 0 Å². The minimum absolute atomic E-state index is 0.298. The first-order valence-corrected chi connectivity index (χ1v) is 6.46. The van der Waals surface area contributed by atoms with Crippen LogP contribution in [0.4, 0.5) is 5.69 Å². The summed E-state index contributed by atoms with van der Waals surface area (Å²) >= 11 is 0. The molecule has 1 aromatic carbocycles. The van der Waals surface area contributed by atoms with Crippen molar-refractivity contribution < 1.29 is 5.11 Å². The predicted molar refractivity (Wildman–Crippen MR) is 71.4 cm³/mol. The lowest BCUT2D eigenvalue weighted by atomic mass is 10.1. The highest BCUT2D eigenvalue weighted by molar-refractivity contribution is 5.58. The molecule has 1 heterocycles. The quantitative estimate of drug-likeness (QED) is 0.733. The van der Waals surface area contributed by atoms with Crippen molar-refractivity contribution >= 4 is 5.69 Å². The van der Waals surface area contributed by atoms with E-state index in [1.165, 1.54) is 23.2 Å². The predicted octanol–water partition coefficient (Wildman–Crippen LogP) is 1.54. The Kier molecular flexibility index (Phi) is 4.40. The summed E-state index contributed by atoms with van der Waals surface area (Å²) in [5.74, 6) is 0. The van der Waals surface area contributed by atoms with Gasteiger partial charge in [-0.1, -0.05) is 12.1 Å². The smallest absolute Gasteiger partial charge is 0.0431 e. The Labute approximate surface area is 103 Å². The van der Waals surface area contributed by atoms with E-state index in [1.807, 2.05) is 0 Å². The molecule has 0 bridgehead atoms. The first-order valence-electron chi connectivity index (χ1n) is 6.46. The Bertz CT molecular complexity index is 365. The first kappa shape index (κ1) is 12.4. The number of anilines is 1. The average Bonchev–Trinajstić information content (AvgIpc) is 2.71. The number of benzene rings is 1. The van der Waals surface area contributed by atoms with Crippen LogP contribution in [0.15, 0.2) is 18.2 Å². The van der Waals surface area contributed by atoms with Gasteiger partial charge in [0, 0.05) is 32.4 Å². The monoisotopic (exact) mass is 234 g/mol. The molecule has 3 nitrogen and oxygen atoms in total. The van der Waals surface area contributed by atoms with Gasteiger partial charge in [-0.05, 0) is 43.0 Å². The van der Waals surface area contributed by atoms with Crippen LogP contribution < -0.4 is 10.2 Å². The summed E-state index contributed by atoms with van der Waals surface area (Å²) in [7, 11) is 2.15. The lowest BCUT2D eigenvalue weighted by molar-refractivity contribution is 0.283. The second-order valence-electron chi connectivity index (χ2n) is 4.74. The third-order valence-electron chi connectivity index (χ3n) is 3.36. The molecule has 0 amide bonds. The van der Waals surface area contributed by atoms with Crippen LogP contribution in [0.5, 0.6) is 0 Å². The number of nitrogens with zero attached hydrogens (tertiary/aromatic N) is 1.